The van der Waals surface area contributed by atoms with Gasteiger partial charge < -0.3 is 9.36 Å². The second-order valence-corrected chi connectivity index (χ2v) is 6.49. The van der Waals surface area contributed by atoms with Gasteiger partial charge in [0.15, 0.2) is 11.2 Å². The molecule has 1 aromatic carbocycles. The molecule has 0 amide bonds. The van der Waals surface area contributed by atoms with E-state index >= 15 is 0 Å². The third-order valence-corrected chi connectivity index (χ3v) is 4.46. The molecule has 7 nitrogen and oxygen atoms in total. The predicted octanol–water partition coefficient (Wildman–Crippen LogP) is 1.70. The van der Waals surface area contributed by atoms with Crippen molar-refractivity contribution in [3.05, 3.63) is 63.1 Å². The molecule has 0 saturated carbocycles. The summed E-state index contributed by atoms with van der Waals surface area (Å²) in [5, 5.41) is 0. The van der Waals surface area contributed by atoms with Gasteiger partial charge in [0, 0.05) is 26.6 Å². The van der Waals surface area contributed by atoms with Crippen LogP contribution < -0.4 is 11.2 Å². The Morgan fingerprint density at radius 3 is 2.54 bits per heavy atom. The zero-order valence-corrected chi connectivity index (χ0v) is 15.0. The van der Waals surface area contributed by atoms with Crippen LogP contribution in [0, 0.1) is 0 Å². The van der Waals surface area contributed by atoms with Crippen LogP contribution in [0.25, 0.3) is 11.2 Å². The fourth-order valence-electron chi connectivity index (χ4n) is 3.06. The number of rotatable bonds is 7. The van der Waals surface area contributed by atoms with Crippen molar-refractivity contribution < 1.29 is 4.79 Å². The van der Waals surface area contributed by atoms with Gasteiger partial charge in [-0.2, -0.15) is 0 Å². The van der Waals surface area contributed by atoms with Crippen LogP contribution in [-0.4, -0.2) is 24.5 Å². The first-order valence-corrected chi connectivity index (χ1v) is 8.67. The van der Waals surface area contributed by atoms with Crippen LogP contribution in [0.2, 0.25) is 0 Å². The minimum atomic E-state index is -0.379. The number of aromatic nitrogens is 4. The van der Waals surface area contributed by atoms with Gasteiger partial charge in [0.05, 0.1) is 6.33 Å². The van der Waals surface area contributed by atoms with Crippen LogP contribution in [0.1, 0.15) is 31.7 Å². The minimum absolute atomic E-state index is 0.113. The normalized spacial score (nSPS) is 11.2. The number of aryl methyl sites for hydroxylation is 1. The van der Waals surface area contributed by atoms with E-state index in [1.165, 1.54) is 9.13 Å². The lowest BCUT2D eigenvalue weighted by molar-refractivity contribution is -0.117. The van der Waals surface area contributed by atoms with Crippen LogP contribution in [0.3, 0.4) is 0 Å². The molecule has 2 heterocycles. The summed E-state index contributed by atoms with van der Waals surface area (Å²) in [7, 11) is 1.62. The molecule has 0 saturated heterocycles. The van der Waals surface area contributed by atoms with Crippen LogP contribution in [0.4, 0.5) is 0 Å². The Balaban J connectivity index is 1.98. The molecule has 0 aliphatic rings. The molecule has 3 aromatic rings. The zero-order valence-electron chi connectivity index (χ0n) is 15.0. The van der Waals surface area contributed by atoms with E-state index in [0.717, 1.165) is 5.56 Å². The van der Waals surface area contributed by atoms with Crippen molar-refractivity contribution in [1.29, 1.82) is 0 Å². The number of ketones is 1. The Bertz CT molecular complexity index is 1040. The van der Waals surface area contributed by atoms with Gasteiger partial charge in [0.1, 0.15) is 5.78 Å². The summed E-state index contributed by atoms with van der Waals surface area (Å²) < 4.78 is 4.42. The van der Waals surface area contributed by atoms with E-state index in [-0.39, 0.29) is 17.0 Å². The maximum absolute atomic E-state index is 12.9. The molecule has 2 aromatic heterocycles. The van der Waals surface area contributed by atoms with Crippen LogP contribution in [0.15, 0.2) is 46.2 Å². The summed E-state index contributed by atoms with van der Waals surface area (Å²) >= 11 is 0. The van der Waals surface area contributed by atoms with Crippen LogP contribution in [0.5, 0.6) is 0 Å². The highest BCUT2D eigenvalue weighted by molar-refractivity contribution is 5.75. The Morgan fingerprint density at radius 1 is 1.12 bits per heavy atom. The molecule has 136 valence electrons. The van der Waals surface area contributed by atoms with E-state index in [2.05, 4.69) is 4.98 Å². The molecule has 0 N–H and O–H groups in total. The van der Waals surface area contributed by atoms with Crippen molar-refractivity contribution >= 4 is 16.9 Å². The Morgan fingerprint density at radius 2 is 1.85 bits per heavy atom. The molecule has 0 bridgehead atoms. The lowest BCUT2D eigenvalue weighted by atomic mass is 10.2. The van der Waals surface area contributed by atoms with E-state index in [1.54, 1.807) is 24.9 Å². The molecular weight excluding hydrogens is 332 g/mol. The van der Waals surface area contributed by atoms with Crippen molar-refractivity contribution in [2.75, 3.05) is 0 Å². The first-order chi connectivity index (χ1) is 12.5. The van der Waals surface area contributed by atoms with Crippen molar-refractivity contribution in [2.24, 2.45) is 7.05 Å². The second-order valence-electron chi connectivity index (χ2n) is 6.49. The van der Waals surface area contributed by atoms with Gasteiger partial charge in [0.25, 0.3) is 5.56 Å². The van der Waals surface area contributed by atoms with E-state index in [4.69, 9.17) is 0 Å². The molecule has 0 aliphatic heterocycles. The van der Waals surface area contributed by atoms with E-state index in [0.29, 0.717) is 43.5 Å². The quantitative estimate of drug-likeness (QED) is 0.605. The maximum Gasteiger partial charge on any atom is 0.332 e. The summed E-state index contributed by atoms with van der Waals surface area (Å²) in [6.45, 7) is 2.35. The summed E-state index contributed by atoms with van der Waals surface area (Å²) in [6, 6.07) is 9.78. The first kappa shape index (κ1) is 17.8. The fraction of sp³-hybridized carbons (Fsp3) is 0.368. The van der Waals surface area contributed by atoms with E-state index in [1.807, 2.05) is 30.3 Å². The first-order valence-electron chi connectivity index (χ1n) is 8.67. The average molecular weight is 354 g/mol. The van der Waals surface area contributed by atoms with E-state index in [9.17, 15) is 14.4 Å². The van der Waals surface area contributed by atoms with Crippen LogP contribution >= 0.6 is 0 Å². The van der Waals surface area contributed by atoms with Crippen molar-refractivity contribution in [1.82, 2.24) is 18.7 Å². The molecular formula is C19H22N4O3. The molecule has 0 spiro atoms. The summed E-state index contributed by atoms with van der Waals surface area (Å²) in [6.07, 6.45) is 3.32. The monoisotopic (exact) mass is 354 g/mol. The molecule has 0 atom stereocenters. The van der Waals surface area contributed by atoms with Gasteiger partial charge in [-0.25, -0.2) is 9.78 Å². The Kier molecular flexibility index (Phi) is 5.16. The van der Waals surface area contributed by atoms with Gasteiger partial charge >= 0.3 is 5.69 Å². The molecule has 0 fully saturated rings. The summed E-state index contributed by atoms with van der Waals surface area (Å²) in [5.41, 5.74) is 1.14. The highest BCUT2D eigenvalue weighted by Crippen LogP contribution is 2.10. The van der Waals surface area contributed by atoms with Crippen molar-refractivity contribution in [2.45, 2.75) is 39.3 Å². The van der Waals surface area contributed by atoms with Gasteiger partial charge in [-0.15, -0.1) is 0 Å². The van der Waals surface area contributed by atoms with Crippen LogP contribution in [-0.2, 0) is 24.9 Å². The smallest absolute Gasteiger partial charge is 0.320 e. The minimum Gasteiger partial charge on any atom is -0.320 e. The number of unbranched alkanes of at least 4 members (excludes halogenated alkanes) is 1. The van der Waals surface area contributed by atoms with Gasteiger partial charge in [0.2, 0.25) is 0 Å². The van der Waals surface area contributed by atoms with Gasteiger partial charge in [-0.3, -0.25) is 13.9 Å². The highest BCUT2D eigenvalue weighted by atomic mass is 16.2. The number of Topliss-reactive ketones (excluding diaryl/α,β-unsaturated/α-hetero) is 1. The van der Waals surface area contributed by atoms with Crippen molar-refractivity contribution in [3.63, 3.8) is 0 Å². The third-order valence-electron chi connectivity index (χ3n) is 4.46. The predicted molar refractivity (Wildman–Crippen MR) is 99.3 cm³/mol. The lowest BCUT2D eigenvalue weighted by Gasteiger charge is -2.10. The largest absolute Gasteiger partial charge is 0.332 e. The lowest BCUT2D eigenvalue weighted by Crippen LogP contribution is -2.39. The number of carbonyl (C=O) groups is 1. The Hall–Kier alpha value is -2.96. The highest BCUT2D eigenvalue weighted by Gasteiger charge is 2.16. The topological polar surface area (TPSA) is 78.9 Å². The number of carbonyl (C=O) groups excluding carboxylic acids is 1. The van der Waals surface area contributed by atoms with Crippen molar-refractivity contribution in [3.8, 4) is 0 Å². The number of hydrogen-bond acceptors (Lipinski definition) is 4. The molecule has 0 radical (unpaired) electrons. The Labute approximate surface area is 150 Å². The third kappa shape index (κ3) is 3.51. The number of fused-ring (bicyclic) bond motifs is 1. The van der Waals surface area contributed by atoms with Gasteiger partial charge in [-0.05, 0) is 25.3 Å². The SMILES string of the molecule is CC(=O)CCCCn1c(=O)c2c(ncn2Cc2ccccc2)n(C)c1=O. The second kappa shape index (κ2) is 7.51. The molecule has 0 aliphatic carbocycles. The summed E-state index contributed by atoms with van der Waals surface area (Å²) in [5.74, 6) is 0.113. The molecule has 7 heteroatoms. The van der Waals surface area contributed by atoms with Gasteiger partial charge in [-0.1, -0.05) is 30.3 Å². The van der Waals surface area contributed by atoms with E-state index < -0.39 is 0 Å². The summed E-state index contributed by atoms with van der Waals surface area (Å²) in [4.78, 5) is 40.8. The number of nitrogens with zero attached hydrogens (tertiary/aromatic N) is 4. The number of hydrogen-bond donors (Lipinski definition) is 0. The average Bonchev–Trinajstić information content (AvgIpc) is 3.03. The zero-order chi connectivity index (χ0) is 18.7. The molecule has 26 heavy (non-hydrogen) atoms. The number of benzene rings is 1. The standard InChI is InChI=1S/C19H22N4O3/c1-14(24)8-6-7-11-23-18(25)16-17(21(2)19(23)26)20-13-22(16)12-15-9-4-3-5-10-15/h3-5,9-10,13H,6-8,11-12H2,1-2H3. The molecule has 3 rings (SSSR count). The molecule has 0 unspecified atom stereocenters. The number of imidazole rings is 1. The fourth-order valence-corrected chi connectivity index (χ4v) is 3.06. The maximum atomic E-state index is 12.9.